The number of alkyl halides is 1. The van der Waals surface area contributed by atoms with E-state index in [1.807, 2.05) is 42.9 Å². The third-order valence-corrected chi connectivity index (χ3v) is 3.18. The van der Waals surface area contributed by atoms with Crippen LogP contribution in [0.15, 0.2) is 30.5 Å². The molecular formula is C12H14BrNO. The topological polar surface area (TPSA) is 25.2 Å². The van der Waals surface area contributed by atoms with Crippen molar-refractivity contribution >= 4 is 26.8 Å². The van der Waals surface area contributed by atoms with E-state index in [-0.39, 0.29) is 4.83 Å². The number of rotatable bonds is 2. The highest BCUT2D eigenvalue weighted by molar-refractivity contribution is 9.09. The van der Waals surface area contributed by atoms with Crippen LogP contribution < -0.4 is 0 Å². The van der Waals surface area contributed by atoms with Gasteiger partial charge in [-0.2, -0.15) is 0 Å². The van der Waals surface area contributed by atoms with Gasteiger partial charge in [-0.15, -0.1) is 0 Å². The predicted molar refractivity (Wildman–Crippen MR) is 66.3 cm³/mol. The van der Waals surface area contributed by atoms with Crippen LogP contribution in [0.2, 0.25) is 0 Å². The summed E-state index contributed by atoms with van der Waals surface area (Å²) in [6.45, 7) is 1.95. The van der Waals surface area contributed by atoms with Crippen molar-refractivity contribution in [2.45, 2.75) is 17.9 Å². The lowest BCUT2D eigenvalue weighted by Crippen LogP contribution is -2.06. The molecule has 0 amide bonds. The molecule has 2 aromatic rings. The van der Waals surface area contributed by atoms with Crippen LogP contribution in [0, 0.1) is 0 Å². The molecule has 15 heavy (non-hydrogen) atoms. The van der Waals surface area contributed by atoms with Crippen molar-refractivity contribution < 1.29 is 5.11 Å². The number of halogens is 1. The Hall–Kier alpha value is -0.800. The van der Waals surface area contributed by atoms with Gasteiger partial charge in [-0.1, -0.05) is 34.1 Å². The van der Waals surface area contributed by atoms with E-state index < -0.39 is 6.10 Å². The van der Waals surface area contributed by atoms with E-state index in [0.717, 1.165) is 16.5 Å². The first kappa shape index (κ1) is 10.7. The molecule has 0 saturated carbocycles. The van der Waals surface area contributed by atoms with Crippen molar-refractivity contribution in [2.24, 2.45) is 7.05 Å². The van der Waals surface area contributed by atoms with E-state index in [9.17, 15) is 5.11 Å². The maximum Gasteiger partial charge on any atom is 0.0932 e. The molecule has 0 aliphatic rings. The molecule has 0 spiro atoms. The molecular weight excluding hydrogens is 254 g/mol. The summed E-state index contributed by atoms with van der Waals surface area (Å²) >= 11 is 3.41. The molecule has 1 aromatic heterocycles. The second-order valence-electron chi connectivity index (χ2n) is 3.83. The molecule has 80 valence electrons. The SMILES string of the molecule is CC(Br)C(O)c1cn(C)c2ccccc12. The van der Waals surface area contributed by atoms with Gasteiger partial charge >= 0.3 is 0 Å². The van der Waals surface area contributed by atoms with Gasteiger partial charge in [-0.05, 0) is 13.0 Å². The van der Waals surface area contributed by atoms with Crippen LogP contribution in [0.5, 0.6) is 0 Å². The molecule has 3 heteroatoms. The Labute approximate surface area is 97.7 Å². The fraction of sp³-hybridized carbons (Fsp3) is 0.333. The molecule has 0 saturated heterocycles. The number of aromatic nitrogens is 1. The van der Waals surface area contributed by atoms with Gasteiger partial charge in [0, 0.05) is 34.5 Å². The summed E-state index contributed by atoms with van der Waals surface area (Å²) in [5, 5.41) is 11.2. The van der Waals surface area contributed by atoms with Crippen molar-refractivity contribution in [1.82, 2.24) is 4.57 Å². The summed E-state index contributed by atoms with van der Waals surface area (Å²) in [6.07, 6.45) is 1.53. The van der Waals surface area contributed by atoms with Gasteiger partial charge in [0.25, 0.3) is 0 Å². The van der Waals surface area contributed by atoms with Crippen LogP contribution in [0.25, 0.3) is 10.9 Å². The first-order valence-corrected chi connectivity index (χ1v) is 5.89. The number of aliphatic hydroxyl groups excluding tert-OH is 1. The average molecular weight is 268 g/mol. The van der Waals surface area contributed by atoms with E-state index in [1.54, 1.807) is 0 Å². The molecule has 0 bridgehead atoms. The van der Waals surface area contributed by atoms with E-state index in [4.69, 9.17) is 0 Å². The zero-order chi connectivity index (χ0) is 11.0. The number of benzene rings is 1. The summed E-state index contributed by atoms with van der Waals surface area (Å²) in [5.74, 6) is 0. The lowest BCUT2D eigenvalue weighted by atomic mass is 10.1. The Morgan fingerprint density at radius 2 is 2.00 bits per heavy atom. The fourth-order valence-electron chi connectivity index (χ4n) is 1.86. The van der Waals surface area contributed by atoms with Gasteiger partial charge in [0.05, 0.1) is 6.10 Å². The van der Waals surface area contributed by atoms with Crippen LogP contribution >= 0.6 is 15.9 Å². The minimum Gasteiger partial charge on any atom is -0.387 e. The third-order valence-electron chi connectivity index (χ3n) is 2.68. The maximum absolute atomic E-state index is 10.0. The van der Waals surface area contributed by atoms with Crippen LogP contribution in [-0.2, 0) is 7.05 Å². The second-order valence-corrected chi connectivity index (χ2v) is 5.28. The summed E-state index contributed by atoms with van der Waals surface area (Å²) in [7, 11) is 2.00. The Morgan fingerprint density at radius 3 is 2.67 bits per heavy atom. The predicted octanol–water partition coefficient (Wildman–Crippen LogP) is 3.00. The van der Waals surface area contributed by atoms with Crippen molar-refractivity contribution in [3.63, 3.8) is 0 Å². The fourth-order valence-corrected chi connectivity index (χ4v) is 2.14. The molecule has 1 heterocycles. The van der Waals surface area contributed by atoms with Gasteiger partial charge in [0.1, 0.15) is 0 Å². The lowest BCUT2D eigenvalue weighted by molar-refractivity contribution is 0.183. The lowest BCUT2D eigenvalue weighted by Gasteiger charge is -2.11. The smallest absolute Gasteiger partial charge is 0.0932 e. The molecule has 2 nitrogen and oxygen atoms in total. The number of nitrogens with zero attached hydrogens (tertiary/aromatic N) is 1. The monoisotopic (exact) mass is 267 g/mol. The van der Waals surface area contributed by atoms with Crippen LogP contribution in [0.4, 0.5) is 0 Å². The molecule has 0 aliphatic heterocycles. The molecule has 2 unspecified atom stereocenters. The molecule has 2 rings (SSSR count). The second kappa shape index (κ2) is 3.99. The van der Waals surface area contributed by atoms with Gasteiger partial charge in [0.2, 0.25) is 0 Å². The van der Waals surface area contributed by atoms with Gasteiger partial charge in [0.15, 0.2) is 0 Å². The molecule has 0 aliphatic carbocycles. The highest BCUT2D eigenvalue weighted by atomic mass is 79.9. The molecule has 1 aromatic carbocycles. The van der Waals surface area contributed by atoms with Gasteiger partial charge in [-0.25, -0.2) is 0 Å². The maximum atomic E-state index is 10.0. The number of aryl methyl sites for hydroxylation is 1. The zero-order valence-electron chi connectivity index (χ0n) is 8.81. The first-order chi connectivity index (χ1) is 7.11. The minimum absolute atomic E-state index is 0.0586. The van der Waals surface area contributed by atoms with Crippen LogP contribution in [-0.4, -0.2) is 14.5 Å². The van der Waals surface area contributed by atoms with Crippen molar-refractivity contribution in [3.05, 3.63) is 36.0 Å². The molecule has 2 atom stereocenters. The van der Waals surface area contributed by atoms with Crippen molar-refractivity contribution in [3.8, 4) is 0 Å². The van der Waals surface area contributed by atoms with Crippen LogP contribution in [0.1, 0.15) is 18.6 Å². The Balaban J connectivity index is 2.62. The first-order valence-electron chi connectivity index (χ1n) is 4.97. The number of hydrogen-bond donors (Lipinski definition) is 1. The Bertz CT molecular complexity index is 475. The van der Waals surface area contributed by atoms with E-state index in [0.29, 0.717) is 0 Å². The molecule has 1 N–H and O–H groups in total. The van der Waals surface area contributed by atoms with E-state index >= 15 is 0 Å². The highest BCUT2D eigenvalue weighted by Crippen LogP contribution is 2.29. The normalized spacial score (nSPS) is 15.5. The average Bonchev–Trinajstić information content (AvgIpc) is 2.56. The summed E-state index contributed by atoms with van der Waals surface area (Å²) < 4.78 is 2.04. The number of hydrogen-bond acceptors (Lipinski definition) is 1. The Morgan fingerprint density at radius 1 is 1.33 bits per heavy atom. The quantitative estimate of drug-likeness (QED) is 0.832. The Kier molecular flexibility index (Phi) is 2.85. The largest absolute Gasteiger partial charge is 0.387 e. The minimum atomic E-state index is -0.462. The van der Waals surface area contributed by atoms with Crippen LogP contribution in [0.3, 0.4) is 0 Å². The van der Waals surface area contributed by atoms with E-state index in [2.05, 4.69) is 22.0 Å². The van der Waals surface area contributed by atoms with Gasteiger partial charge < -0.3 is 9.67 Å². The van der Waals surface area contributed by atoms with Crippen molar-refractivity contribution in [2.75, 3.05) is 0 Å². The highest BCUT2D eigenvalue weighted by Gasteiger charge is 2.18. The van der Waals surface area contributed by atoms with E-state index in [1.165, 1.54) is 0 Å². The number of para-hydroxylation sites is 1. The molecule has 0 radical (unpaired) electrons. The number of fused-ring (bicyclic) bond motifs is 1. The molecule has 0 fully saturated rings. The summed E-state index contributed by atoms with van der Waals surface area (Å²) in [6, 6.07) is 8.11. The third kappa shape index (κ3) is 1.82. The standard InChI is InChI=1S/C12H14BrNO/c1-8(13)12(15)10-7-14(2)11-6-4-3-5-9(10)11/h3-8,12,15H,1-2H3. The summed E-state index contributed by atoms with van der Waals surface area (Å²) in [4.78, 5) is 0.0586. The van der Waals surface area contributed by atoms with Crippen molar-refractivity contribution in [1.29, 1.82) is 0 Å². The zero-order valence-corrected chi connectivity index (χ0v) is 10.4. The summed E-state index contributed by atoms with van der Waals surface area (Å²) in [5.41, 5.74) is 2.14. The number of aliphatic hydroxyl groups is 1. The van der Waals surface area contributed by atoms with Gasteiger partial charge in [-0.3, -0.25) is 0 Å².